The number of hydrazone groups is 1. The lowest BCUT2D eigenvalue weighted by Crippen LogP contribution is -2.34. The molecule has 3 aromatic carbocycles. The zero-order valence-corrected chi connectivity index (χ0v) is 16.4. The van der Waals surface area contributed by atoms with Crippen molar-refractivity contribution in [2.45, 2.75) is 18.7 Å². The Bertz CT molecular complexity index is 1060. The van der Waals surface area contributed by atoms with Crippen molar-refractivity contribution >= 4 is 5.71 Å². The van der Waals surface area contributed by atoms with Crippen LogP contribution in [0.25, 0.3) is 0 Å². The van der Waals surface area contributed by atoms with Crippen LogP contribution in [0.5, 0.6) is 17.2 Å². The minimum atomic E-state index is -0.402. The van der Waals surface area contributed by atoms with Crippen molar-refractivity contribution in [3.63, 3.8) is 0 Å². The van der Waals surface area contributed by atoms with E-state index in [-0.39, 0.29) is 6.04 Å². The smallest absolute Gasteiger partial charge is 0.217 e. The van der Waals surface area contributed by atoms with E-state index in [0.29, 0.717) is 0 Å². The van der Waals surface area contributed by atoms with Gasteiger partial charge in [-0.3, -0.25) is 0 Å². The molecule has 0 unspecified atom stereocenters. The summed E-state index contributed by atoms with van der Waals surface area (Å²) in [7, 11) is 3.35. The fourth-order valence-corrected chi connectivity index (χ4v) is 4.13. The average Bonchev–Trinajstić information content (AvgIpc) is 3.24. The monoisotopic (exact) mass is 386 g/mol. The van der Waals surface area contributed by atoms with Crippen LogP contribution >= 0.6 is 0 Å². The van der Waals surface area contributed by atoms with Crippen molar-refractivity contribution in [3.05, 3.63) is 89.5 Å². The fourth-order valence-electron chi connectivity index (χ4n) is 4.13. The largest absolute Gasteiger partial charge is 0.496 e. The molecular weight excluding hydrogens is 364 g/mol. The maximum atomic E-state index is 6.49. The molecule has 2 aliphatic rings. The molecule has 0 saturated heterocycles. The summed E-state index contributed by atoms with van der Waals surface area (Å²) < 4.78 is 17.7. The molecule has 5 nitrogen and oxygen atoms in total. The summed E-state index contributed by atoms with van der Waals surface area (Å²) in [6.07, 6.45) is 0.403. The van der Waals surface area contributed by atoms with Crippen molar-refractivity contribution in [1.82, 2.24) is 5.01 Å². The number of ether oxygens (including phenoxy) is 3. The second-order valence-electron chi connectivity index (χ2n) is 7.10. The van der Waals surface area contributed by atoms with Gasteiger partial charge in [0.05, 0.1) is 31.5 Å². The first-order valence-corrected chi connectivity index (χ1v) is 9.68. The quantitative estimate of drug-likeness (QED) is 0.637. The minimum Gasteiger partial charge on any atom is -0.496 e. The van der Waals surface area contributed by atoms with E-state index in [1.165, 1.54) is 0 Å². The van der Waals surface area contributed by atoms with E-state index in [4.69, 9.17) is 19.3 Å². The number of hydrogen-bond acceptors (Lipinski definition) is 5. The lowest BCUT2D eigenvalue weighted by molar-refractivity contribution is -0.0221. The Morgan fingerprint density at radius 3 is 2.31 bits per heavy atom. The van der Waals surface area contributed by atoms with Gasteiger partial charge in [-0.25, -0.2) is 5.01 Å². The van der Waals surface area contributed by atoms with Gasteiger partial charge in [-0.1, -0.05) is 54.6 Å². The van der Waals surface area contributed by atoms with Crippen molar-refractivity contribution in [2.24, 2.45) is 5.10 Å². The molecule has 0 spiro atoms. The van der Waals surface area contributed by atoms with Crippen LogP contribution in [-0.4, -0.2) is 24.9 Å². The highest BCUT2D eigenvalue weighted by Crippen LogP contribution is 2.51. The van der Waals surface area contributed by atoms with E-state index in [1.807, 2.05) is 54.6 Å². The van der Waals surface area contributed by atoms with Crippen molar-refractivity contribution in [3.8, 4) is 17.2 Å². The maximum absolute atomic E-state index is 6.49. The Balaban J connectivity index is 1.65. The number of methoxy groups -OCH3 is 2. The molecule has 0 fully saturated rings. The Labute approximate surface area is 170 Å². The summed E-state index contributed by atoms with van der Waals surface area (Å²) in [4.78, 5) is 0. The Morgan fingerprint density at radius 1 is 0.828 bits per heavy atom. The number of rotatable bonds is 4. The Morgan fingerprint density at radius 2 is 1.52 bits per heavy atom. The Kier molecular flexibility index (Phi) is 4.35. The predicted molar refractivity (Wildman–Crippen MR) is 112 cm³/mol. The number of nitrogens with zero attached hydrogens (tertiary/aromatic N) is 2. The van der Waals surface area contributed by atoms with Crippen LogP contribution < -0.4 is 14.2 Å². The standard InChI is InChI=1S/C24H22N2O3/c1-27-21-13-7-6-11-18(21)24-26-20(15-19(25-26)16-9-4-3-5-10-16)17-12-8-14-22(28-2)23(17)29-24/h3-14,20,24H,15H2,1-2H3/t20-,24-/m1/s1. The molecule has 29 heavy (non-hydrogen) atoms. The minimum absolute atomic E-state index is 0.0685. The summed E-state index contributed by atoms with van der Waals surface area (Å²) in [5.74, 6) is 2.28. The Hall–Kier alpha value is -3.47. The van der Waals surface area contributed by atoms with Gasteiger partial charge in [-0.2, -0.15) is 5.10 Å². The zero-order valence-electron chi connectivity index (χ0n) is 16.4. The first kappa shape index (κ1) is 17.6. The third kappa shape index (κ3) is 2.90. The van der Waals surface area contributed by atoms with Gasteiger partial charge in [-0.15, -0.1) is 0 Å². The van der Waals surface area contributed by atoms with Crippen LogP contribution in [-0.2, 0) is 0 Å². The molecule has 5 rings (SSSR count). The molecule has 0 bridgehead atoms. The third-order valence-corrected chi connectivity index (χ3v) is 5.51. The number of hydrogen-bond donors (Lipinski definition) is 0. The molecule has 0 saturated carbocycles. The van der Waals surface area contributed by atoms with Gasteiger partial charge in [-0.05, 0) is 23.8 Å². The zero-order chi connectivity index (χ0) is 19.8. The van der Waals surface area contributed by atoms with Crippen LogP contribution in [0.4, 0.5) is 0 Å². The second kappa shape index (κ2) is 7.17. The molecule has 2 heterocycles. The highest BCUT2D eigenvalue weighted by molar-refractivity contribution is 6.01. The van der Waals surface area contributed by atoms with E-state index in [9.17, 15) is 0 Å². The first-order valence-electron chi connectivity index (χ1n) is 9.68. The molecule has 0 aliphatic carbocycles. The number of fused-ring (bicyclic) bond motifs is 3. The van der Waals surface area contributed by atoms with Crippen molar-refractivity contribution in [2.75, 3.05) is 14.2 Å². The second-order valence-corrected chi connectivity index (χ2v) is 7.10. The topological polar surface area (TPSA) is 43.3 Å². The van der Waals surface area contributed by atoms with E-state index >= 15 is 0 Å². The summed E-state index contributed by atoms with van der Waals surface area (Å²) in [6.45, 7) is 0. The molecular formula is C24H22N2O3. The van der Waals surface area contributed by atoms with Gasteiger partial charge in [0.15, 0.2) is 11.5 Å². The van der Waals surface area contributed by atoms with Crippen LogP contribution in [0.3, 0.4) is 0 Å². The SMILES string of the molecule is COc1ccccc1[C@H]1Oc2c(OC)cccc2[C@H]2CC(c3ccccc3)=NN21. The summed E-state index contributed by atoms with van der Waals surface area (Å²) >= 11 is 0. The van der Waals surface area contributed by atoms with Gasteiger partial charge in [0.1, 0.15) is 5.75 Å². The molecule has 0 aromatic heterocycles. The predicted octanol–water partition coefficient (Wildman–Crippen LogP) is 4.95. The van der Waals surface area contributed by atoms with Crippen molar-refractivity contribution in [1.29, 1.82) is 0 Å². The van der Waals surface area contributed by atoms with Crippen LogP contribution in [0.15, 0.2) is 77.9 Å². The van der Waals surface area contributed by atoms with E-state index < -0.39 is 6.23 Å². The molecule has 0 radical (unpaired) electrons. The van der Waals surface area contributed by atoms with Crippen LogP contribution in [0.1, 0.15) is 35.4 Å². The molecule has 3 aromatic rings. The molecule has 0 N–H and O–H groups in total. The van der Waals surface area contributed by atoms with Gasteiger partial charge < -0.3 is 14.2 Å². The summed E-state index contributed by atoms with van der Waals surface area (Å²) in [5, 5.41) is 7.05. The maximum Gasteiger partial charge on any atom is 0.217 e. The van der Waals surface area contributed by atoms with Gasteiger partial charge >= 0.3 is 0 Å². The van der Waals surface area contributed by atoms with Gasteiger partial charge in [0.25, 0.3) is 0 Å². The average molecular weight is 386 g/mol. The molecule has 2 atom stereocenters. The van der Waals surface area contributed by atoms with Gasteiger partial charge in [0.2, 0.25) is 6.23 Å². The van der Waals surface area contributed by atoms with E-state index in [0.717, 1.165) is 46.1 Å². The van der Waals surface area contributed by atoms with Crippen molar-refractivity contribution < 1.29 is 14.2 Å². The highest BCUT2D eigenvalue weighted by atomic mass is 16.5. The van der Waals surface area contributed by atoms with E-state index in [1.54, 1.807) is 14.2 Å². The van der Waals surface area contributed by atoms with Crippen LogP contribution in [0.2, 0.25) is 0 Å². The third-order valence-electron chi connectivity index (χ3n) is 5.51. The molecule has 2 aliphatic heterocycles. The molecule has 0 amide bonds. The lowest BCUT2D eigenvalue weighted by atomic mass is 9.95. The molecule has 146 valence electrons. The van der Waals surface area contributed by atoms with Crippen LogP contribution in [0, 0.1) is 0 Å². The first-order chi connectivity index (χ1) is 14.3. The highest BCUT2D eigenvalue weighted by Gasteiger charge is 2.42. The summed E-state index contributed by atoms with van der Waals surface area (Å²) in [5.41, 5.74) is 4.21. The summed E-state index contributed by atoms with van der Waals surface area (Å²) in [6, 6.07) is 24.3. The normalized spacial score (nSPS) is 19.7. The lowest BCUT2D eigenvalue weighted by Gasteiger charge is -2.39. The molecule has 5 heteroatoms. The van der Waals surface area contributed by atoms with Gasteiger partial charge in [0, 0.05) is 12.0 Å². The van der Waals surface area contributed by atoms with E-state index in [2.05, 4.69) is 23.2 Å². The number of para-hydroxylation sites is 2. The fraction of sp³-hybridized carbons (Fsp3) is 0.208. The number of benzene rings is 3.